The molecule has 0 amide bonds. The monoisotopic (exact) mass is 842 g/mol. The fourth-order valence-corrected chi connectivity index (χ4v) is 7.13. The maximum Gasteiger partial charge on any atom is 0.472 e. The normalized spacial score (nSPS) is 21.4. The number of allylic oxidation sites excluding steroid dienone is 7. The molecule has 6 N–H and O–H groups in total. The van der Waals surface area contributed by atoms with Gasteiger partial charge in [0.15, 0.2) is 6.10 Å². The fraction of sp³-hybridized carbons (Fsp3) is 0.727. The molecule has 0 saturated heterocycles. The van der Waals surface area contributed by atoms with Crippen molar-refractivity contribution in [1.29, 1.82) is 0 Å². The van der Waals surface area contributed by atoms with Gasteiger partial charge in [-0.2, -0.15) is 0 Å². The fourth-order valence-electron chi connectivity index (χ4n) is 6.34. The highest BCUT2D eigenvalue weighted by Crippen LogP contribution is 2.43. The molecule has 58 heavy (non-hydrogen) atoms. The van der Waals surface area contributed by atoms with Gasteiger partial charge >= 0.3 is 19.8 Å². The molecule has 0 heterocycles. The topological polar surface area (TPSA) is 210 Å². The van der Waals surface area contributed by atoms with E-state index in [0.717, 1.165) is 38.5 Å². The van der Waals surface area contributed by atoms with E-state index in [1.807, 2.05) is 12.2 Å². The van der Waals surface area contributed by atoms with Crippen molar-refractivity contribution in [2.45, 2.75) is 166 Å². The smallest absolute Gasteiger partial charge is 0.462 e. The summed E-state index contributed by atoms with van der Waals surface area (Å²) >= 11 is 0. The van der Waals surface area contributed by atoms with Crippen molar-refractivity contribution in [3.8, 4) is 0 Å². The van der Waals surface area contributed by atoms with Crippen LogP contribution in [0.15, 0.2) is 60.8 Å². The molecule has 1 saturated carbocycles. The van der Waals surface area contributed by atoms with Crippen molar-refractivity contribution < 1.29 is 63.1 Å². The lowest BCUT2D eigenvalue weighted by atomic mass is 9.89. The standard InChI is InChI=1S/C44H75O13P/c1-3-5-7-8-9-10-11-12-13-14-15-16-17-18-19-20-22-27-43(50)54-34-38(35-56-58(52,53)55-33-37(47)32-45)57-44(51)28-24-23-26-39-40(42(49)31-41(39)48)30-29-36(46)25-21-6-4-2/h12-13,15-16,18-19,23-24,29-30,36-42,45-49H,3-11,14,17,20-22,25-28,31-35H2,1-2H3,(H,52,53)/b13-12-,16-15-,19-18-,24-23-,30-29+/t36-,37+,38-,39+,40-,41+,42-/m1/s1. The minimum atomic E-state index is -4.73. The quantitative estimate of drug-likeness (QED) is 0.0158. The van der Waals surface area contributed by atoms with E-state index >= 15 is 0 Å². The zero-order valence-electron chi connectivity index (χ0n) is 35.1. The van der Waals surface area contributed by atoms with Crippen LogP contribution in [-0.2, 0) is 32.7 Å². The Morgan fingerprint density at radius 1 is 0.741 bits per heavy atom. The number of esters is 2. The number of rotatable bonds is 35. The number of aliphatic hydroxyl groups is 5. The van der Waals surface area contributed by atoms with Crippen LogP contribution in [0.2, 0.25) is 0 Å². The molecule has 1 aliphatic carbocycles. The Balaban J connectivity index is 2.57. The number of ether oxygens (including phenoxy) is 2. The number of carbonyl (C=O) groups is 2. The molecule has 0 aromatic heterocycles. The van der Waals surface area contributed by atoms with Gasteiger partial charge in [-0.25, -0.2) is 4.57 Å². The zero-order chi connectivity index (χ0) is 42.9. The first kappa shape index (κ1) is 53.6. The van der Waals surface area contributed by atoms with E-state index in [-0.39, 0.29) is 31.1 Å². The summed E-state index contributed by atoms with van der Waals surface area (Å²) in [7, 11) is -4.73. The number of phosphoric acid groups is 1. The van der Waals surface area contributed by atoms with Gasteiger partial charge in [0.2, 0.25) is 0 Å². The molecule has 1 aliphatic rings. The summed E-state index contributed by atoms with van der Waals surface area (Å²) in [5.41, 5.74) is 0. The highest BCUT2D eigenvalue weighted by Gasteiger charge is 2.39. The third-order valence-corrected chi connectivity index (χ3v) is 10.7. The molecule has 1 unspecified atom stereocenters. The largest absolute Gasteiger partial charge is 0.472 e. The molecule has 14 heteroatoms. The highest BCUT2D eigenvalue weighted by molar-refractivity contribution is 7.47. The van der Waals surface area contributed by atoms with Crippen LogP contribution >= 0.6 is 7.82 Å². The second-order valence-electron chi connectivity index (χ2n) is 15.0. The maximum absolute atomic E-state index is 12.7. The van der Waals surface area contributed by atoms with Crippen LogP contribution in [0.4, 0.5) is 0 Å². The maximum atomic E-state index is 12.7. The van der Waals surface area contributed by atoms with Crippen LogP contribution in [0.3, 0.4) is 0 Å². The molecule has 0 bridgehead atoms. The summed E-state index contributed by atoms with van der Waals surface area (Å²) in [6.45, 7) is 1.81. The summed E-state index contributed by atoms with van der Waals surface area (Å²) in [5.74, 6) is -1.99. The van der Waals surface area contributed by atoms with E-state index in [1.54, 1.807) is 24.3 Å². The lowest BCUT2D eigenvalue weighted by Crippen LogP contribution is -2.29. The number of carbonyl (C=O) groups excluding carboxylic acids is 2. The van der Waals surface area contributed by atoms with E-state index in [9.17, 15) is 39.5 Å². The molecule has 0 aromatic rings. The summed E-state index contributed by atoms with van der Waals surface area (Å²) in [5, 5.41) is 49.7. The number of aliphatic hydroxyl groups excluding tert-OH is 5. The van der Waals surface area contributed by atoms with E-state index in [0.29, 0.717) is 25.7 Å². The predicted molar refractivity (Wildman–Crippen MR) is 225 cm³/mol. The van der Waals surface area contributed by atoms with Gasteiger partial charge in [0.25, 0.3) is 0 Å². The lowest BCUT2D eigenvalue weighted by molar-refractivity contribution is -0.160. The summed E-state index contributed by atoms with van der Waals surface area (Å²) in [4.78, 5) is 35.2. The van der Waals surface area contributed by atoms with Gasteiger partial charge in [0, 0.05) is 18.8 Å². The molecule has 1 fully saturated rings. The van der Waals surface area contributed by atoms with Crippen LogP contribution < -0.4 is 0 Å². The van der Waals surface area contributed by atoms with Gasteiger partial charge in [-0.3, -0.25) is 18.6 Å². The Morgan fingerprint density at radius 3 is 2.05 bits per heavy atom. The predicted octanol–water partition coefficient (Wildman–Crippen LogP) is 7.49. The third kappa shape index (κ3) is 28.1. The summed E-state index contributed by atoms with van der Waals surface area (Å²) < 4.78 is 32.6. The van der Waals surface area contributed by atoms with E-state index in [4.69, 9.17) is 19.1 Å². The van der Waals surface area contributed by atoms with Crippen molar-refractivity contribution in [2.75, 3.05) is 26.4 Å². The van der Waals surface area contributed by atoms with Gasteiger partial charge in [0.1, 0.15) is 12.7 Å². The van der Waals surface area contributed by atoms with Crippen molar-refractivity contribution in [3.05, 3.63) is 60.8 Å². The van der Waals surface area contributed by atoms with E-state index in [2.05, 4.69) is 42.7 Å². The lowest BCUT2D eigenvalue weighted by Gasteiger charge is -2.20. The van der Waals surface area contributed by atoms with Crippen molar-refractivity contribution in [1.82, 2.24) is 0 Å². The minimum absolute atomic E-state index is 0.101. The van der Waals surface area contributed by atoms with Gasteiger partial charge in [0.05, 0.1) is 44.6 Å². The summed E-state index contributed by atoms with van der Waals surface area (Å²) in [6, 6.07) is 0. The van der Waals surface area contributed by atoms with Crippen LogP contribution in [0.25, 0.3) is 0 Å². The Bertz CT molecular complexity index is 1270. The van der Waals surface area contributed by atoms with Crippen LogP contribution in [0.1, 0.15) is 136 Å². The zero-order valence-corrected chi connectivity index (χ0v) is 36.0. The van der Waals surface area contributed by atoms with Crippen LogP contribution in [-0.4, -0.2) is 99.3 Å². The Kier molecular flexibility index (Phi) is 31.7. The summed E-state index contributed by atoms with van der Waals surface area (Å²) in [6.07, 6.45) is 30.4. The van der Waals surface area contributed by atoms with Crippen molar-refractivity contribution in [2.24, 2.45) is 11.8 Å². The molecule has 0 radical (unpaired) electrons. The second kappa shape index (κ2) is 34.3. The average molecular weight is 843 g/mol. The number of unbranched alkanes of at least 4 members (excludes halogenated alkanes) is 9. The van der Waals surface area contributed by atoms with Crippen molar-refractivity contribution in [3.63, 3.8) is 0 Å². The van der Waals surface area contributed by atoms with Crippen LogP contribution in [0, 0.1) is 11.8 Å². The number of phosphoric ester groups is 1. The van der Waals surface area contributed by atoms with Gasteiger partial charge in [-0.15, -0.1) is 0 Å². The molecule has 8 atom stereocenters. The Hall–Kier alpha value is -2.45. The SMILES string of the molecule is CCCCCCCC/C=C\C/C=C\C/C=C\CCCC(=O)OC[C@H](COP(=O)(O)OC[C@@H](O)CO)OC(=O)C/C=C\C[C@H]1[C@@H](/C=C/[C@H](O)CCCCC)[C@H](O)C[C@@H]1O. The van der Waals surface area contributed by atoms with E-state index in [1.165, 1.54) is 38.5 Å². The number of hydrogen-bond acceptors (Lipinski definition) is 12. The van der Waals surface area contributed by atoms with Gasteiger partial charge in [-0.05, 0) is 57.3 Å². The molecule has 0 aromatic carbocycles. The molecule has 0 aliphatic heterocycles. The first-order valence-electron chi connectivity index (χ1n) is 21.5. The van der Waals surface area contributed by atoms with Gasteiger partial charge in [-0.1, -0.05) is 126 Å². The Morgan fingerprint density at radius 2 is 1.36 bits per heavy atom. The average Bonchev–Trinajstić information content (AvgIpc) is 3.47. The second-order valence-corrected chi connectivity index (χ2v) is 16.5. The first-order valence-corrected chi connectivity index (χ1v) is 23.0. The molecule has 1 rings (SSSR count). The van der Waals surface area contributed by atoms with Crippen LogP contribution in [0.5, 0.6) is 0 Å². The molecule has 334 valence electrons. The Labute approximate surface area is 347 Å². The number of hydrogen-bond donors (Lipinski definition) is 6. The van der Waals surface area contributed by atoms with E-state index < -0.39 is 76.7 Å². The molecule has 13 nitrogen and oxygen atoms in total. The molecule has 0 spiro atoms. The first-order chi connectivity index (χ1) is 27.9. The van der Waals surface area contributed by atoms with Gasteiger partial charge < -0.3 is 39.9 Å². The third-order valence-electron chi connectivity index (χ3n) is 9.75. The molecular weight excluding hydrogens is 767 g/mol. The van der Waals surface area contributed by atoms with Crippen molar-refractivity contribution >= 4 is 19.8 Å². The minimum Gasteiger partial charge on any atom is -0.462 e. The highest BCUT2D eigenvalue weighted by atomic mass is 31.2. The molecular formula is C44H75O13P.